The molecule has 63 heavy (non-hydrogen) atoms. The van der Waals surface area contributed by atoms with Gasteiger partial charge in [0.15, 0.2) is 0 Å². The minimum Gasteiger partial charge on any atom is -0.460 e. The number of pyridine rings is 1. The van der Waals surface area contributed by atoms with Crippen LogP contribution in [-0.4, -0.2) is 83.7 Å². The molecule has 6 unspecified atom stereocenters. The van der Waals surface area contributed by atoms with E-state index < -0.39 is 33.4 Å². The molecular formula is C50H61N3O9S. The van der Waals surface area contributed by atoms with Gasteiger partial charge in [0.05, 0.1) is 29.8 Å². The molecule has 12 nitrogen and oxygen atoms in total. The molecule has 1 aromatic heterocycles. The molecule has 336 valence electrons. The first-order valence-corrected chi connectivity index (χ1v) is 23.7. The number of carbonyl (C=O) groups is 1. The van der Waals surface area contributed by atoms with Crippen LogP contribution in [-0.2, 0) is 19.6 Å². The maximum Gasteiger partial charge on any atom is 0.245 e. The van der Waals surface area contributed by atoms with Gasteiger partial charge in [0.1, 0.15) is 34.0 Å². The molecule has 13 heteroatoms. The van der Waals surface area contributed by atoms with Crippen molar-refractivity contribution in [1.82, 2.24) is 9.29 Å². The number of carbonyl (C=O) groups excluding carboxylic acids is 1. The summed E-state index contributed by atoms with van der Waals surface area (Å²) in [6, 6.07) is 20.5. The van der Waals surface area contributed by atoms with E-state index >= 15 is 8.42 Å². The summed E-state index contributed by atoms with van der Waals surface area (Å²) < 4.78 is 53.5. The molecule has 3 aromatic carbocycles. The molecule has 0 amide bonds. The number of aromatic nitrogens is 1. The monoisotopic (exact) mass is 879 g/mol. The largest absolute Gasteiger partial charge is 0.460 e. The van der Waals surface area contributed by atoms with Crippen molar-refractivity contribution >= 4 is 32.9 Å². The lowest BCUT2D eigenvalue weighted by atomic mass is 9.55. The van der Waals surface area contributed by atoms with E-state index in [1.54, 1.807) is 54.7 Å². The molecule has 1 fully saturated rings. The summed E-state index contributed by atoms with van der Waals surface area (Å²) in [5, 5.41) is 25.5. The highest BCUT2D eigenvalue weighted by Crippen LogP contribution is 2.62. The number of unbranched alkanes of at least 4 members (excludes halogenated alkanes) is 2. The summed E-state index contributed by atoms with van der Waals surface area (Å²) in [5.74, 6) is -0.967. The highest BCUT2D eigenvalue weighted by atomic mass is 32.2. The number of nitrogens with zero attached hydrogens (tertiary/aromatic N) is 3. The van der Waals surface area contributed by atoms with Gasteiger partial charge < -0.3 is 29.3 Å². The Morgan fingerprint density at radius 3 is 2.46 bits per heavy atom. The van der Waals surface area contributed by atoms with E-state index in [1.807, 2.05) is 58.0 Å². The van der Waals surface area contributed by atoms with Gasteiger partial charge in [-0.1, -0.05) is 67.4 Å². The summed E-state index contributed by atoms with van der Waals surface area (Å²) in [4.78, 5) is 22.6. The predicted molar refractivity (Wildman–Crippen MR) is 244 cm³/mol. The molecule has 0 saturated heterocycles. The minimum absolute atomic E-state index is 0.0111. The van der Waals surface area contributed by atoms with Gasteiger partial charge in [-0.3, -0.25) is 9.78 Å². The van der Waals surface area contributed by atoms with E-state index in [0.717, 1.165) is 43.1 Å². The second kappa shape index (κ2) is 19.9. The van der Waals surface area contributed by atoms with Crippen LogP contribution in [0.1, 0.15) is 101 Å². The number of aliphatic hydroxyl groups is 2. The fourth-order valence-corrected chi connectivity index (χ4v) is 11.6. The number of benzene rings is 3. The smallest absolute Gasteiger partial charge is 0.245 e. The molecule has 3 aliphatic rings. The van der Waals surface area contributed by atoms with Gasteiger partial charge in [-0.2, -0.15) is 4.31 Å². The molecule has 1 aliphatic heterocycles. The number of sulfonamides is 1. The number of allylic oxidation sites excluding steroid dienone is 1. The summed E-state index contributed by atoms with van der Waals surface area (Å²) in [7, 11) is -4.30. The Balaban J connectivity index is 1.50. The topological polar surface area (TPSA) is 157 Å². The number of fused-ring (bicyclic) bond motifs is 3. The standard InChI is InChI=1S/C50H61N3O9S/c1-6-25-53(63(57,58)44-21-13-17-35-18-14-24-51-48(35)44)45-32-42(52-62-49(3,4)5)40-30-36(16-8-10-26-54)39(20-9-11-27-55)46-41-31-38(60-37-19-12-15-34(29-37)33-56)22-23-43(41)61-50(45,47(40)46)59-28-7-2/h7,12-15,17-19,21-24,29-31,33,36,39,45-47,54-55H,2,6,8-11,16,20,25-28,32H2,1,3-5H3. The van der Waals surface area contributed by atoms with Crippen molar-refractivity contribution in [1.29, 1.82) is 0 Å². The third-order valence-electron chi connectivity index (χ3n) is 12.3. The summed E-state index contributed by atoms with van der Waals surface area (Å²) in [5.41, 5.74) is 2.54. The molecule has 0 spiro atoms. The molecule has 2 N–H and O–H groups in total. The van der Waals surface area contributed by atoms with E-state index in [-0.39, 0.29) is 55.4 Å². The Hall–Kier alpha value is -4.92. The van der Waals surface area contributed by atoms with Gasteiger partial charge in [-0.25, -0.2) is 8.42 Å². The highest BCUT2D eigenvalue weighted by molar-refractivity contribution is 7.89. The maximum absolute atomic E-state index is 15.5. The van der Waals surface area contributed by atoms with Gasteiger partial charge in [-0.15, -0.1) is 6.58 Å². The Bertz CT molecular complexity index is 2420. The zero-order valence-electron chi connectivity index (χ0n) is 36.8. The lowest BCUT2D eigenvalue weighted by molar-refractivity contribution is -0.251. The Kier molecular flexibility index (Phi) is 14.5. The molecule has 2 aliphatic carbocycles. The van der Waals surface area contributed by atoms with Crippen LogP contribution in [0.25, 0.3) is 10.9 Å². The fraction of sp³-hybridized carbons (Fsp3) is 0.460. The Labute approximate surface area is 371 Å². The van der Waals surface area contributed by atoms with Crippen LogP contribution in [0.2, 0.25) is 0 Å². The highest BCUT2D eigenvalue weighted by Gasteiger charge is 2.66. The zero-order chi connectivity index (χ0) is 44.8. The SMILES string of the molecule is C=CCOC12Oc3ccc(Oc4cccc(C=O)c4)cc3C3C(CCCCO)C(CCCCO)C=C(C(=NOC(C)(C)C)CC1N(CCC)S(=O)(=O)c1cccc4cccnc14)C32. The van der Waals surface area contributed by atoms with Gasteiger partial charge >= 0.3 is 0 Å². The molecular weight excluding hydrogens is 819 g/mol. The molecule has 4 aromatic rings. The number of para-hydroxylation sites is 1. The first kappa shape index (κ1) is 46.1. The second-order valence-electron chi connectivity index (χ2n) is 17.7. The molecule has 0 bridgehead atoms. The second-order valence-corrected chi connectivity index (χ2v) is 19.6. The van der Waals surface area contributed by atoms with Gasteiger partial charge in [-0.05, 0) is 113 Å². The number of ether oxygens (including phenoxy) is 3. The summed E-state index contributed by atoms with van der Waals surface area (Å²) >= 11 is 0. The van der Waals surface area contributed by atoms with Crippen molar-refractivity contribution in [2.24, 2.45) is 22.9 Å². The van der Waals surface area contributed by atoms with Gasteiger partial charge in [0.2, 0.25) is 15.8 Å². The average molecular weight is 880 g/mol. The third kappa shape index (κ3) is 9.63. The minimum atomic E-state index is -4.30. The van der Waals surface area contributed by atoms with Crippen molar-refractivity contribution < 1.29 is 42.5 Å². The van der Waals surface area contributed by atoms with Crippen LogP contribution in [0.15, 0.2) is 113 Å². The van der Waals surface area contributed by atoms with Crippen LogP contribution in [0.4, 0.5) is 0 Å². The van der Waals surface area contributed by atoms with E-state index in [1.165, 1.54) is 4.31 Å². The van der Waals surface area contributed by atoms with Crippen molar-refractivity contribution in [2.75, 3.05) is 26.4 Å². The quantitative estimate of drug-likeness (QED) is 0.0380. The molecule has 0 radical (unpaired) electrons. The van der Waals surface area contributed by atoms with E-state index in [2.05, 4.69) is 17.6 Å². The first-order chi connectivity index (χ1) is 30.4. The van der Waals surface area contributed by atoms with Crippen molar-refractivity contribution in [3.05, 3.63) is 114 Å². The number of hydrogen-bond donors (Lipinski definition) is 2. The summed E-state index contributed by atoms with van der Waals surface area (Å²) in [6.07, 6.45) is 11.2. The van der Waals surface area contributed by atoms with E-state index in [4.69, 9.17) is 24.2 Å². The fourth-order valence-electron chi connectivity index (χ4n) is 9.74. The van der Waals surface area contributed by atoms with Crippen LogP contribution in [0.5, 0.6) is 17.2 Å². The van der Waals surface area contributed by atoms with Crippen LogP contribution in [0.3, 0.4) is 0 Å². The molecule has 2 heterocycles. The average Bonchev–Trinajstić information content (AvgIpc) is 3.27. The molecule has 7 rings (SSSR count). The predicted octanol–water partition coefficient (Wildman–Crippen LogP) is 9.37. The van der Waals surface area contributed by atoms with Crippen LogP contribution < -0.4 is 9.47 Å². The zero-order valence-corrected chi connectivity index (χ0v) is 37.6. The van der Waals surface area contributed by atoms with Crippen molar-refractivity contribution in [3.8, 4) is 17.2 Å². The van der Waals surface area contributed by atoms with Crippen molar-refractivity contribution in [3.63, 3.8) is 0 Å². The normalized spacial score (nSPS) is 23.7. The van der Waals surface area contributed by atoms with Crippen LogP contribution in [0, 0.1) is 17.8 Å². The van der Waals surface area contributed by atoms with E-state index in [9.17, 15) is 15.0 Å². The third-order valence-corrected chi connectivity index (χ3v) is 14.2. The van der Waals surface area contributed by atoms with Crippen molar-refractivity contribution in [2.45, 2.75) is 107 Å². The lowest BCUT2D eigenvalue weighted by Gasteiger charge is -2.59. The van der Waals surface area contributed by atoms with Gasteiger partial charge in [0, 0.05) is 54.8 Å². The maximum atomic E-state index is 15.5. The van der Waals surface area contributed by atoms with E-state index in [0.29, 0.717) is 58.7 Å². The van der Waals surface area contributed by atoms with Crippen LogP contribution >= 0.6 is 0 Å². The number of rotatable bonds is 20. The number of oxime groups is 1. The first-order valence-electron chi connectivity index (χ1n) is 22.2. The summed E-state index contributed by atoms with van der Waals surface area (Å²) in [6.45, 7) is 12.1. The number of aliphatic hydroxyl groups excluding tert-OH is 2. The molecule has 6 atom stereocenters. The number of hydrogen-bond acceptors (Lipinski definition) is 11. The number of aldehydes is 1. The van der Waals surface area contributed by atoms with Gasteiger partial charge in [0.25, 0.3) is 0 Å². The Morgan fingerprint density at radius 1 is 0.984 bits per heavy atom. The lowest BCUT2D eigenvalue weighted by Crippen LogP contribution is -2.70. The molecule has 1 saturated carbocycles. The Morgan fingerprint density at radius 2 is 1.73 bits per heavy atom.